The Hall–Kier alpha value is -0.890. The predicted octanol–water partition coefficient (Wildman–Crippen LogP) is -1.47. The summed E-state index contributed by atoms with van der Waals surface area (Å²) >= 11 is 0. The molecule has 100 valence electrons. The number of hydrazine groups is 1. The number of hydrogen-bond acceptors (Lipinski definition) is 5. The van der Waals surface area contributed by atoms with E-state index in [-0.39, 0.29) is 18.8 Å². The molecule has 0 aromatic heterocycles. The number of nitrogens with two attached hydrogens (primary N) is 1. The van der Waals surface area contributed by atoms with Gasteiger partial charge in [-0.15, -0.1) is 0 Å². The Labute approximate surface area is 102 Å². The fraction of sp³-hybridized carbons (Fsp3) is 0.900. The first-order chi connectivity index (χ1) is 8.21. The van der Waals surface area contributed by atoms with Crippen LogP contribution in [0.5, 0.6) is 0 Å². The quantitative estimate of drug-likeness (QED) is 0.243. The summed E-state index contributed by atoms with van der Waals surface area (Å²) in [5.74, 6) is 6.08. The molecule has 17 heavy (non-hydrogen) atoms. The average molecular weight is 246 g/mol. The molecule has 0 aliphatic carbocycles. The van der Waals surface area contributed by atoms with Gasteiger partial charge in [0.15, 0.2) is 0 Å². The van der Waals surface area contributed by atoms with Gasteiger partial charge in [0, 0.05) is 20.2 Å². The van der Waals surface area contributed by atoms with Crippen molar-refractivity contribution in [3.8, 4) is 0 Å². The lowest BCUT2D eigenvalue weighted by Gasteiger charge is -2.34. The number of guanidine groups is 1. The van der Waals surface area contributed by atoms with Crippen molar-refractivity contribution >= 4 is 5.96 Å². The first-order valence-corrected chi connectivity index (χ1v) is 5.72. The van der Waals surface area contributed by atoms with Crippen molar-refractivity contribution in [3.05, 3.63) is 0 Å². The van der Waals surface area contributed by atoms with Crippen LogP contribution in [0.4, 0.5) is 0 Å². The lowest BCUT2D eigenvalue weighted by Crippen LogP contribution is -2.53. The normalized spacial score (nSPS) is 23.6. The molecule has 1 saturated heterocycles. The number of rotatable bonds is 4. The van der Waals surface area contributed by atoms with E-state index in [9.17, 15) is 0 Å². The van der Waals surface area contributed by atoms with Crippen LogP contribution in [-0.2, 0) is 9.47 Å². The smallest absolute Gasteiger partial charge is 0.208 e. The number of aliphatic hydroxyl groups excluding tert-OH is 1. The standard InChI is InChI=1S/C10H22N4O3/c1-8(7-16-2)12-10(13-11)14-3-4-17-9(5-14)6-15/h8-9,15H,3-7,11H2,1-2H3,(H,12,13). The number of methoxy groups -OCH3 is 1. The third-order valence-electron chi connectivity index (χ3n) is 2.52. The summed E-state index contributed by atoms with van der Waals surface area (Å²) in [6, 6.07) is 0.0291. The lowest BCUT2D eigenvalue weighted by atomic mass is 10.3. The minimum Gasteiger partial charge on any atom is -0.394 e. The summed E-state index contributed by atoms with van der Waals surface area (Å²) in [6.07, 6.45) is -0.181. The SMILES string of the molecule is COCC(C)N=C(NN)N1CCOC(CO)C1. The van der Waals surface area contributed by atoms with Crippen LogP contribution in [0.25, 0.3) is 0 Å². The summed E-state index contributed by atoms with van der Waals surface area (Å²) in [5.41, 5.74) is 2.59. The van der Waals surface area contributed by atoms with Crippen LogP contribution in [0.1, 0.15) is 6.92 Å². The Kier molecular flexibility index (Phi) is 6.20. The van der Waals surface area contributed by atoms with Gasteiger partial charge in [0.1, 0.15) is 0 Å². The zero-order valence-corrected chi connectivity index (χ0v) is 10.4. The highest BCUT2D eigenvalue weighted by atomic mass is 16.5. The highest BCUT2D eigenvalue weighted by Crippen LogP contribution is 2.05. The van der Waals surface area contributed by atoms with Crippen LogP contribution in [0.2, 0.25) is 0 Å². The highest BCUT2D eigenvalue weighted by Gasteiger charge is 2.22. The van der Waals surface area contributed by atoms with E-state index in [1.807, 2.05) is 11.8 Å². The van der Waals surface area contributed by atoms with E-state index in [0.29, 0.717) is 32.3 Å². The fourth-order valence-corrected chi connectivity index (χ4v) is 1.72. The number of nitrogens with zero attached hydrogens (tertiary/aromatic N) is 2. The van der Waals surface area contributed by atoms with Gasteiger partial charge in [-0.3, -0.25) is 5.43 Å². The molecular weight excluding hydrogens is 224 g/mol. The molecule has 0 radical (unpaired) electrons. The van der Waals surface area contributed by atoms with Crippen molar-refractivity contribution in [1.82, 2.24) is 10.3 Å². The van der Waals surface area contributed by atoms with E-state index in [4.69, 9.17) is 20.4 Å². The molecule has 0 bridgehead atoms. The molecule has 0 aromatic rings. The number of nitrogens with one attached hydrogen (secondary N) is 1. The zero-order valence-electron chi connectivity index (χ0n) is 10.4. The Balaban J connectivity index is 2.59. The molecular formula is C10H22N4O3. The molecule has 0 spiro atoms. The largest absolute Gasteiger partial charge is 0.394 e. The molecule has 0 amide bonds. The maximum Gasteiger partial charge on any atom is 0.208 e. The van der Waals surface area contributed by atoms with Gasteiger partial charge in [-0.1, -0.05) is 0 Å². The Morgan fingerprint density at radius 3 is 3.12 bits per heavy atom. The highest BCUT2D eigenvalue weighted by molar-refractivity contribution is 5.79. The van der Waals surface area contributed by atoms with Crippen molar-refractivity contribution in [2.24, 2.45) is 10.8 Å². The molecule has 1 aliphatic heterocycles. The number of hydrogen-bond donors (Lipinski definition) is 3. The van der Waals surface area contributed by atoms with Gasteiger partial charge in [0.05, 0.1) is 32.0 Å². The van der Waals surface area contributed by atoms with Gasteiger partial charge in [0.25, 0.3) is 0 Å². The number of morpholine rings is 1. The van der Waals surface area contributed by atoms with Crippen LogP contribution in [0.3, 0.4) is 0 Å². The van der Waals surface area contributed by atoms with E-state index in [1.54, 1.807) is 7.11 Å². The van der Waals surface area contributed by atoms with Gasteiger partial charge in [0.2, 0.25) is 5.96 Å². The molecule has 1 heterocycles. The van der Waals surface area contributed by atoms with E-state index in [0.717, 1.165) is 0 Å². The molecule has 0 aromatic carbocycles. The fourth-order valence-electron chi connectivity index (χ4n) is 1.72. The Morgan fingerprint density at radius 2 is 2.53 bits per heavy atom. The van der Waals surface area contributed by atoms with Crippen molar-refractivity contribution in [2.75, 3.05) is 40.0 Å². The van der Waals surface area contributed by atoms with E-state index in [2.05, 4.69) is 10.4 Å². The van der Waals surface area contributed by atoms with Crippen LogP contribution >= 0.6 is 0 Å². The van der Waals surface area contributed by atoms with Gasteiger partial charge in [-0.25, -0.2) is 10.8 Å². The number of aliphatic hydroxyl groups is 1. The average Bonchev–Trinajstić information content (AvgIpc) is 2.36. The van der Waals surface area contributed by atoms with Crippen LogP contribution in [-0.4, -0.2) is 68.1 Å². The van der Waals surface area contributed by atoms with Crippen LogP contribution < -0.4 is 11.3 Å². The van der Waals surface area contributed by atoms with Crippen molar-refractivity contribution in [2.45, 2.75) is 19.1 Å². The monoisotopic (exact) mass is 246 g/mol. The maximum atomic E-state index is 9.07. The molecule has 2 unspecified atom stereocenters. The summed E-state index contributed by atoms with van der Waals surface area (Å²) in [5, 5.41) is 9.07. The zero-order chi connectivity index (χ0) is 12.7. The first-order valence-electron chi connectivity index (χ1n) is 5.72. The maximum absolute atomic E-state index is 9.07. The summed E-state index contributed by atoms with van der Waals surface area (Å²) in [6.45, 7) is 4.34. The summed E-state index contributed by atoms with van der Waals surface area (Å²) < 4.78 is 10.4. The summed E-state index contributed by atoms with van der Waals surface area (Å²) in [7, 11) is 1.64. The van der Waals surface area contributed by atoms with Crippen LogP contribution in [0, 0.1) is 0 Å². The summed E-state index contributed by atoms with van der Waals surface area (Å²) in [4.78, 5) is 6.39. The first kappa shape index (κ1) is 14.2. The van der Waals surface area contributed by atoms with E-state index < -0.39 is 0 Å². The molecule has 2 atom stereocenters. The molecule has 1 rings (SSSR count). The molecule has 7 nitrogen and oxygen atoms in total. The van der Waals surface area contributed by atoms with Crippen LogP contribution in [0.15, 0.2) is 4.99 Å². The third-order valence-corrected chi connectivity index (χ3v) is 2.52. The number of ether oxygens (including phenoxy) is 2. The molecule has 1 aliphatic rings. The lowest BCUT2D eigenvalue weighted by molar-refractivity contribution is -0.0350. The van der Waals surface area contributed by atoms with Crippen molar-refractivity contribution in [1.29, 1.82) is 0 Å². The Morgan fingerprint density at radius 1 is 1.76 bits per heavy atom. The number of aliphatic imine (C=N–C) groups is 1. The second kappa shape index (κ2) is 7.44. The van der Waals surface area contributed by atoms with Gasteiger partial charge >= 0.3 is 0 Å². The minimum atomic E-state index is -0.181. The molecule has 1 fully saturated rings. The molecule has 0 saturated carbocycles. The second-order valence-electron chi connectivity index (χ2n) is 4.02. The van der Waals surface area contributed by atoms with Gasteiger partial charge in [-0.2, -0.15) is 0 Å². The van der Waals surface area contributed by atoms with Crippen molar-refractivity contribution in [3.63, 3.8) is 0 Å². The Bertz CT molecular complexity index is 250. The molecule has 7 heteroatoms. The van der Waals surface area contributed by atoms with Gasteiger partial charge in [-0.05, 0) is 6.92 Å². The van der Waals surface area contributed by atoms with E-state index >= 15 is 0 Å². The van der Waals surface area contributed by atoms with Gasteiger partial charge < -0.3 is 19.5 Å². The second-order valence-corrected chi connectivity index (χ2v) is 4.02. The predicted molar refractivity (Wildman–Crippen MR) is 64.5 cm³/mol. The molecule has 4 N–H and O–H groups in total. The topological polar surface area (TPSA) is 92.3 Å². The van der Waals surface area contributed by atoms with E-state index in [1.165, 1.54) is 0 Å². The third kappa shape index (κ3) is 4.47. The minimum absolute atomic E-state index is 0.00196. The van der Waals surface area contributed by atoms with Crippen molar-refractivity contribution < 1.29 is 14.6 Å².